The molecular formula is C18H23N5O4. The van der Waals surface area contributed by atoms with E-state index in [1.807, 2.05) is 6.92 Å². The molecule has 0 aromatic carbocycles. The van der Waals surface area contributed by atoms with E-state index in [4.69, 9.17) is 4.42 Å². The lowest BCUT2D eigenvalue weighted by Gasteiger charge is -2.21. The smallest absolute Gasteiger partial charge is 0.325 e. The number of imide groups is 1. The van der Waals surface area contributed by atoms with Crippen LogP contribution < -0.4 is 10.6 Å². The lowest BCUT2D eigenvalue weighted by Crippen LogP contribution is -2.42. The largest absolute Gasteiger partial charge is 0.466 e. The number of urea groups is 1. The predicted molar refractivity (Wildman–Crippen MR) is 97.1 cm³/mol. The lowest BCUT2D eigenvalue weighted by atomic mass is 9.92. The van der Waals surface area contributed by atoms with Crippen LogP contribution in [0.1, 0.15) is 35.4 Å². The van der Waals surface area contributed by atoms with Gasteiger partial charge in [0, 0.05) is 12.6 Å². The van der Waals surface area contributed by atoms with E-state index in [-0.39, 0.29) is 6.54 Å². The number of anilines is 1. The van der Waals surface area contributed by atoms with Crippen LogP contribution in [0.5, 0.6) is 0 Å². The van der Waals surface area contributed by atoms with Crippen molar-refractivity contribution in [3.63, 3.8) is 0 Å². The summed E-state index contributed by atoms with van der Waals surface area (Å²) in [7, 11) is 1.77. The lowest BCUT2D eigenvalue weighted by molar-refractivity contribution is -0.133. The number of nitrogens with zero attached hydrogens (tertiary/aromatic N) is 3. The zero-order chi connectivity index (χ0) is 20.1. The summed E-state index contributed by atoms with van der Waals surface area (Å²) >= 11 is 0. The van der Waals surface area contributed by atoms with Crippen LogP contribution in [0.25, 0.3) is 0 Å². The molecule has 2 aromatic heterocycles. The molecule has 144 valence electrons. The Morgan fingerprint density at radius 2 is 1.96 bits per heavy atom. The molecule has 0 spiro atoms. The van der Waals surface area contributed by atoms with E-state index in [9.17, 15) is 14.4 Å². The standard InChI is InChI=1S/C18H23N5O4/c1-9-7-13(12(4)27-9)18(5)16(25)23(17(26)20-18)8-14(24)19-15-10(2)21-22(6)11(15)3/h7H,8H2,1-6H3,(H,19,24)(H,20,26). The van der Waals surface area contributed by atoms with Crippen molar-refractivity contribution >= 4 is 23.5 Å². The number of carbonyl (C=O) groups is 3. The van der Waals surface area contributed by atoms with Gasteiger partial charge in [0.1, 0.15) is 23.6 Å². The Morgan fingerprint density at radius 3 is 2.48 bits per heavy atom. The van der Waals surface area contributed by atoms with Crippen molar-refractivity contribution in [2.45, 2.75) is 40.2 Å². The number of aromatic nitrogens is 2. The monoisotopic (exact) mass is 373 g/mol. The van der Waals surface area contributed by atoms with E-state index >= 15 is 0 Å². The van der Waals surface area contributed by atoms with Gasteiger partial charge in [-0.15, -0.1) is 0 Å². The molecule has 9 nitrogen and oxygen atoms in total. The molecule has 0 radical (unpaired) electrons. The quantitative estimate of drug-likeness (QED) is 0.792. The molecule has 2 aromatic rings. The maximum atomic E-state index is 12.9. The molecule has 1 aliphatic heterocycles. The van der Waals surface area contributed by atoms with Gasteiger partial charge in [-0.25, -0.2) is 4.79 Å². The average molecular weight is 373 g/mol. The first-order valence-corrected chi connectivity index (χ1v) is 8.56. The normalized spacial score (nSPS) is 19.6. The van der Waals surface area contributed by atoms with Crippen LogP contribution in [0.15, 0.2) is 10.5 Å². The number of amides is 4. The van der Waals surface area contributed by atoms with Crippen molar-refractivity contribution in [2.24, 2.45) is 7.05 Å². The van der Waals surface area contributed by atoms with E-state index in [1.165, 1.54) is 0 Å². The molecule has 2 N–H and O–H groups in total. The summed E-state index contributed by atoms with van der Waals surface area (Å²) in [6.07, 6.45) is 0. The Labute approximate surface area is 156 Å². The number of aryl methyl sites for hydroxylation is 4. The maximum absolute atomic E-state index is 12.9. The van der Waals surface area contributed by atoms with Gasteiger partial charge in [-0.3, -0.25) is 19.2 Å². The predicted octanol–water partition coefficient (Wildman–Crippen LogP) is 1.65. The van der Waals surface area contributed by atoms with Crippen LogP contribution >= 0.6 is 0 Å². The summed E-state index contributed by atoms with van der Waals surface area (Å²) in [6.45, 7) is 8.32. The minimum Gasteiger partial charge on any atom is -0.466 e. The van der Waals surface area contributed by atoms with Crippen molar-refractivity contribution in [1.82, 2.24) is 20.0 Å². The van der Waals surface area contributed by atoms with Crippen LogP contribution in [-0.2, 0) is 22.2 Å². The Kier molecular flexibility index (Phi) is 4.33. The third-order valence-corrected chi connectivity index (χ3v) is 4.93. The molecule has 3 rings (SSSR count). The third kappa shape index (κ3) is 2.98. The second kappa shape index (κ2) is 6.26. The van der Waals surface area contributed by atoms with Crippen molar-refractivity contribution in [1.29, 1.82) is 0 Å². The molecule has 1 aliphatic rings. The number of carbonyl (C=O) groups excluding carboxylic acids is 3. The highest BCUT2D eigenvalue weighted by Crippen LogP contribution is 2.32. The molecule has 1 fully saturated rings. The number of hydrogen-bond acceptors (Lipinski definition) is 5. The molecule has 9 heteroatoms. The van der Waals surface area contributed by atoms with Crippen molar-refractivity contribution in [3.8, 4) is 0 Å². The SMILES string of the molecule is Cc1cc(C2(C)NC(=O)N(CC(=O)Nc3c(C)nn(C)c3C)C2=O)c(C)o1. The molecule has 0 saturated carbocycles. The fourth-order valence-corrected chi connectivity index (χ4v) is 3.43. The van der Waals surface area contributed by atoms with Crippen molar-refractivity contribution < 1.29 is 18.8 Å². The first kappa shape index (κ1) is 18.7. The number of nitrogens with one attached hydrogen (secondary N) is 2. The Morgan fingerprint density at radius 1 is 1.30 bits per heavy atom. The summed E-state index contributed by atoms with van der Waals surface area (Å²) < 4.78 is 7.14. The van der Waals surface area contributed by atoms with Crippen LogP contribution in [0.3, 0.4) is 0 Å². The molecule has 4 amide bonds. The first-order chi connectivity index (χ1) is 12.5. The highest BCUT2D eigenvalue weighted by atomic mass is 16.3. The van der Waals surface area contributed by atoms with Gasteiger partial charge < -0.3 is 15.1 Å². The maximum Gasteiger partial charge on any atom is 0.325 e. The summed E-state index contributed by atoms with van der Waals surface area (Å²) in [5, 5.41) is 9.64. The molecule has 1 atom stereocenters. The van der Waals surface area contributed by atoms with Gasteiger partial charge in [0.25, 0.3) is 5.91 Å². The van der Waals surface area contributed by atoms with Crippen LogP contribution in [0, 0.1) is 27.7 Å². The van der Waals surface area contributed by atoms with Crippen molar-refractivity contribution in [2.75, 3.05) is 11.9 Å². The van der Waals surface area contributed by atoms with Gasteiger partial charge in [0.15, 0.2) is 0 Å². The van der Waals surface area contributed by atoms with Crippen LogP contribution in [0.2, 0.25) is 0 Å². The van der Waals surface area contributed by atoms with E-state index in [0.29, 0.717) is 28.5 Å². The van der Waals surface area contributed by atoms with E-state index in [2.05, 4.69) is 15.7 Å². The van der Waals surface area contributed by atoms with Crippen molar-refractivity contribution in [3.05, 3.63) is 34.5 Å². The van der Waals surface area contributed by atoms with Gasteiger partial charge >= 0.3 is 6.03 Å². The third-order valence-electron chi connectivity index (χ3n) is 4.93. The molecule has 27 heavy (non-hydrogen) atoms. The second-order valence-electron chi connectivity index (χ2n) is 6.99. The molecule has 0 bridgehead atoms. The Bertz CT molecular complexity index is 957. The molecule has 1 saturated heterocycles. The van der Waals surface area contributed by atoms with Gasteiger partial charge in [-0.2, -0.15) is 5.10 Å². The minimum atomic E-state index is -1.26. The van der Waals surface area contributed by atoms with Gasteiger partial charge in [0.05, 0.1) is 17.1 Å². The number of hydrogen-bond donors (Lipinski definition) is 2. The van der Waals surface area contributed by atoms with E-state index in [0.717, 1.165) is 10.6 Å². The number of rotatable bonds is 4. The molecule has 0 aliphatic carbocycles. The van der Waals surface area contributed by atoms with E-state index < -0.39 is 23.4 Å². The average Bonchev–Trinajstić information content (AvgIpc) is 3.12. The fourth-order valence-electron chi connectivity index (χ4n) is 3.43. The first-order valence-electron chi connectivity index (χ1n) is 8.56. The summed E-state index contributed by atoms with van der Waals surface area (Å²) in [6, 6.07) is 1.11. The molecule has 3 heterocycles. The zero-order valence-corrected chi connectivity index (χ0v) is 16.3. The van der Waals surface area contributed by atoms with Crippen LogP contribution in [0.4, 0.5) is 10.5 Å². The Hall–Kier alpha value is -3.10. The number of furan rings is 1. The zero-order valence-electron chi connectivity index (χ0n) is 16.3. The van der Waals surface area contributed by atoms with Gasteiger partial charge in [-0.05, 0) is 40.7 Å². The Balaban J connectivity index is 1.79. The topological polar surface area (TPSA) is 109 Å². The molecular weight excluding hydrogens is 350 g/mol. The summed E-state index contributed by atoms with van der Waals surface area (Å²) in [4.78, 5) is 38.7. The second-order valence-corrected chi connectivity index (χ2v) is 6.99. The molecule has 1 unspecified atom stereocenters. The van der Waals surface area contributed by atoms with Gasteiger partial charge in [0.2, 0.25) is 5.91 Å². The summed E-state index contributed by atoms with van der Waals surface area (Å²) in [5.41, 5.74) is 1.35. The minimum absolute atomic E-state index is 0.385. The fraction of sp³-hybridized carbons (Fsp3) is 0.444. The summed E-state index contributed by atoms with van der Waals surface area (Å²) in [5.74, 6) is 0.231. The highest BCUT2D eigenvalue weighted by Gasteiger charge is 2.51. The van der Waals surface area contributed by atoms with Gasteiger partial charge in [-0.1, -0.05) is 0 Å². The van der Waals surface area contributed by atoms with E-state index in [1.54, 1.807) is 45.5 Å². The van der Waals surface area contributed by atoms with Crippen LogP contribution in [-0.4, -0.2) is 39.1 Å². The highest BCUT2D eigenvalue weighted by molar-refractivity contribution is 6.10.